The van der Waals surface area contributed by atoms with Crippen LogP contribution in [0, 0.1) is 0 Å². The van der Waals surface area contributed by atoms with Crippen molar-refractivity contribution in [2.45, 2.75) is 6.42 Å². The predicted molar refractivity (Wildman–Crippen MR) is 25.5 cm³/mol. The first-order chi connectivity index (χ1) is 3.77. The van der Waals surface area contributed by atoms with E-state index in [0.29, 0.717) is 6.29 Å². The highest BCUT2D eigenvalue weighted by Crippen LogP contribution is 1.76. The molecule has 3 heteroatoms. The lowest BCUT2D eigenvalue weighted by Crippen LogP contribution is -1.82. The lowest BCUT2D eigenvalue weighted by Gasteiger charge is -1.69. The van der Waals surface area contributed by atoms with E-state index in [0.717, 1.165) is 6.08 Å². The summed E-state index contributed by atoms with van der Waals surface area (Å²) in [5.74, 6) is -1.27. The molecule has 0 aliphatic carbocycles. The first-order valence-electron chi connectivity index (χ1n) is 2.08. The number of hydrogen-bond donors (Lipinski definition) is 0. The molecule has 0 aliphatic heterocycles. The summed E-state index contributed by atoms with van der Waals surface area (Å²) in [5, 5.41) is 9.56. The van der Waals surface area contributed by atoms with E-state index in [9.17, 15) is 14.7 Å². The molecule has 0 heterocycles. The maximum absolute atomic E-state index is 9.56. The fourth-order valence-electron chi connectivity index (χ4n) is 0.220. The van der Waals surface area contributed by atoms with Gasteiger partial charge in [0.15, 0.2) is 0 Å². The molecule has 0 aromatic rings. The molecule has 3 nitrogen and oxygen atoms in total. The Morgan fingerprint density at radius 3 is 2.50 bits per heavy atom. The standard InChI is InChI=1S/C5H5O3/c6-4-2-1-3-5(7)8/h1,3-4H,2H2. The van der Waals surface area contributed by atoms with E-state index in [1.807, 2.05) is 0 Å². The van der Waals surface area contributed by atoms with Crippen LogP contribution in [0.2, 0.25) is 0 Å². The number of carbonyl (C=O) groups excluding carboxylic acids is 2. The maximum Gasteiger partial charge on any atom is 0.378 e. The smallest absolute Gasteiger partial charge is 0.303 e. The van der Waals surface area contributed by atoms with Gasteiger partial charge >= 0.3 is 5.97 Å². The zero-order valence-electron chi connectivity index (χ0n) is 4.16. The van der Waals surface area contributed by atoms with E-state index in [-0.39, 0.29) is 6.42 Å². The molecule has 0 unspecified atom stereocenters. The predicted octanol–water partition coefficient (Wildman–Crippen LogP) is 0.0887. The van der Waals surface area contributed by atoms with Crippen molar-refractivity contribution in [2.75, 3.05) is 0 Å². The van der Waals surface area contributed by atoms with Crippen LogP contribution in [0.3, 0.4) is 0 Å². The normalized spacial score (nSPS) is 9.50. The third-order valence-corrected chi connectivity index (χ3v) is 0.486. The zero-order valence-corrected chi connectivity index (χ0v) is 4.16. The van der Waals surface area contributed by atoms with Gasteiger partial charge in [0.05, 0.1) is 0 Å². The summed E-state index contributed by atoms with van der Waals surface area (Å²) in [5.41, 5.74) is 0. The van der Waals surface area contributed by atoms with E-state index in [4.69, 9.17) is 0 Å². The van der Waals surface area contributed by atoms with Crippen molar-refractivity contribution in [3.63, 3.8) is 0 Å². The Labute approximate surface area is 46.6 Å². The average Bonchev–Trinajstić information content (AvgIpc) is 1.66. The molecule has 0 spiro atoms. The van der Waals surface area contributed by atoms with Gasteiger partial charge in [-0.25, -0.2) is 9.90 Å². The monoisotopic (exact) mass is 113 g/mol. The van der Waals surface area contributed by atoms with Crippen molar-refractivity contribution in [3.05, 3.63) is 12.2 Å². The zero-order chi connectivity index (χ0) is 6.41. The van der Waals surface area contributed by atoms with Crippen LogP contribution >= 0.6 is 0 Å². The highest BCUT2D eigenvalue weighted by molar-refractivity contribution is 5.79. The SMILES string of the molecule is [O]C(=O)C=CCC=O. The van der Waals surface area contributed by atoms with Gasteiger partial charge in [-0.1, -0.05) is 6.08 Å². The van der Waals surface area contributed by atoms with Crippen molar-refractivity contribution >= 4 is 12.3 Å². The number of carbonyl (C=O) groups is 2. The third-order valence-electron chi connectivity index (χ3n) is 0.486. The summed E-state index contributed by atoms with van der Waals surface area (Å²) in [6, 6.07) is 0. The Kier molecular flexibility index (Phi) is 3.48. The first kappa shape index (κ1) is 6.88. The summed E-state index contributed by atoms with van der Waals surface area (Å²) in [6.07, 6.45) is 2.80. The average molecular weight is 113 g/mol. The van der Waals surface area contributed by atoms with Crippen LogP contribution < -0.4 is 0 Å². The summed E-state index contributed by atoms with van der Waals surface area (Å²) >= 11 is 0. The van der Waals surface area contributed by atoms with Crippen LogP contribution in [0.5, 0.6) is 0 Å². The van der Waals surface area contributed by atoms with Crippen molar-refractivity contribution < 1.29 is 14.7 Å². The van der Waals surface area contributed by atoms with E-state index >= 15 is 0 Å². The minimum absolute atomic E-state index is 0.133. The van der Waals surface area contributed by atoms with E-state index in [2.05, 4.69) is 0 Å². The lowest BCUT2D eigenvalue weighted by atomic mass is 10.4. The highest BCUT2D eigenvalue weighted by atomic mass is 16.4. The number of allylic oxidation sites excluding steroid dienone is 1. The van der Waals surface area contributed by atoms with E-state index < -0.39 is 5.97 Å². The van der Waals surface area contributed by atoms with Gasteiger partial charge in [0.2, 0.25) is 0 Å². The second kappa shape index (κ2) is 4.05. The molecule has 0 amide bonds. The summed E-state index contributed by atoms with van der Waals surface area (Å²) in [7, 11) is 0. The summed E-state index contributed by atoms with van der Waals surface area (Å²) in [4.78, 5) is 19.1. The van der Waals surface area contributed by atoms with Gasteiger partial charge in [0.1, 0.15) is 6.29 Å². The molecule has 0 fully saturated rings. The van der Waals surface area contributed by atoms with Crippen LogP contribution in [0.4, 0.5) is 0 Å². The Morgan fingerprint density at radius 1 is 1.50 bits per heavy atom. The largest absolute Gasteiger partial charge is 0.378 e. The maximum atomic E-state index is 9.56. The van der Waals surface area contributed by atoms with Gasteiger partial charge in [0.25, 0.3) is 0 Å². The van der Waals surface area contributed by atoms with Crippen LogP contribution in [-0.2, 0) is 14.7 Å². The quantitative estimate of drug-likeness (QED) is 0.384. The molecule has 0 aromatic carbocycles. The molecule has 0 atom stereocenters. The van der Waals surface area contributed by atoms with Crippen molar-refractivity contribution in [1.29, 1.82) is 0 Å². The second-order valence-corrected chi connectivity index (χ2v) is 1.12. The Morgan fingerprint density at radius 2 is 2.12 bits per heavy atom. The Bertz CT molecular complexity index is 115. The van der Waals surface area contributed by atoms with Gasteiger partial charge in [-0.3, -0.25) is 0 Å². The Balaban J connectivity index is 3.34. The van der Waals surface area contributed by atoms with Crippen molar-refractivity contribution in [3.8, 4) is 0 Å². The molecule has 43 valence electrons. The lowest BCUT2D eigenvalue weighted by molar-refractivity contribution is -0.137. The highest BCUT2D eigenvalue weighted by Gasteiger charge is 1.85. The molecule has 0 bridgehead atoms. The van der Waals surface area contributed by atoms with E-state index in [1.165, 1.54) is 6.08 Å². The second-order valence-electron chi connectivity index (χ2n) is 1.12. The van der Waals surface area contributed by atoms with Crippen molar-refractivity contribution in [1.82, 2.24) is 0 Å². The van der Waals surface area contributed by atoms with Gasteiger partial charge < -0.3 is 4.79 Å². The Hall–Kier alpha value is -1.12. The minimum atomic E-state index is -1.27. The number of rotatable bonds is 3. The molecular formula is C5H5O3. The molecule has 0 saturated heterocycles. The van der Waals surface area contributed by atoms with Crippen LogP contribution in [0.25, 0.3) is 0 Å². The van der Waals surface area contributed by atoms with Crippen molar-refractivity contribution in [2.24, 2.45) is 0 Å². The first-order valence-corrected chi connectivity index (χ1v) is 2.08. The topological polar surface area (TPSA) is 54.0 Å². The van der Waals surface area contributed by atoms with Gasteiger partial charge in [-0.2, -0.15) is 0 Å². The third kappa shape index (κ3) is 4.88. The van der Waals surface area contributed by atoms with E-state index in [1.54, 1.807) is 0 Å². The molecule has 0 aliphatic rings. The summed E-state index contributed by atoms with van der Waals surface area (Å²) in [6.45, 7) is 0. The van der Waals surface area contributed by atoms with Gasteiger partial charge in [-0.05, 0) is 0 Å². The van der Waals surface area contributed by atoms with Crippen LogP contribution in [0.15, 0.2) is 12.2 Å². The molecule has 0 N–H and O–H groups in total. The molecule has 0 aromatic heterocycles. The summed E-state index contributed by atoms with van der Waals surface area (Å²) < 4.78 is 0. The molecule has 1 radical (unpaired) electrons. The molecular weight excluding hydrogens is 108 g/mol. The van der Waals surface area contributed by atoms with Crippen LogP contribution in [0.1, 0.15) is 6.42 Å². The van der Waals surface area contributed by atoms with Gasteiger partial charge in [0, 0.05) is 12.5 Å². The van der Waals surface area contributed by atoms with Crippen LogP contribution in [-0.4, -0.2) is 12.3 Å². The van der Waals surface area contributed by atoms with Gasteiger partial charge in [-0.15, -0.1) is 0 Å². The molecule has 8 heavy (non-hydrogen) atoms. The molecule has 0 saturated carbocycles. The fraction of sp³-hybridized carbons (Fsp3) is 0.200. The number of aldehydes is 1. The fourth-order valence-corrected chi connectivity index (χ4v) is 0.220. The minimum Gasteiger partial charge on any atom is -0.303 e. The number of hydrogen-bond acceptors (Lipinski definition) is 2. The molecule has 0 rings (SSSR count).